The predicted octanol–water partition coefficient (Wildman–Crippen LogP) is 3.18. The molecular weight excluding hydrogens is 258 g/mol. The summed E-state index contributed by atoms with van der Waals surface area (Å²) in [6.07, 6.45) is 2.82. The third-order valence-electron chi connectivity index (χ3n) is 3.75. The van der Waals surface area contributed by atoms with Crippen molar-refractivity contribution < 1.29 is 19.4 Å². The molecule has 1 saturated carbocycles. The van der Waals surface area contributed by atoms with Gasteiger partial charge in [-0.05, 0) is 51.4 Å². The summed E-state index contributed by atoms with van der Waals surface area (Å²) in [4.78, 5) is 22.7. The van der Waals surface area contributed by atoms with E-state index in [1.807, 2.05) is 0 Å². The van der Waals surface area contributed by atoms with Gasteiger partial charge in [0.15, 0.2) is 0 Å². The molecule has 0 saturated heterocycles. The van der Waals surface area contributed by atoms with Crippen LogP contribution in [0.4, 0.5) is 4.79 Å². The van der Waals surface area contributed by atoms with Gasteiger partial charge in [-0.15, -0.1) is 0 Å². The van der Waals surface area contributed by atoms with E-state index < -0.39 is 23.7 Å². The third kappa shape index (κ3) is 5.80. The first kappa shape index (κ1) is 16.8. The Morgan fingerprint density at radius 2 is 1.95 bits per heavy atom. The van der Waals surface area contributed by atoms with E-state index in [4.69, 9.17) is 9.84 Å². The molecule has 0 aromatic heterocycles. The second-order valence-corrected chi connectivity index (χ2v) is 7.36. The Morgan fingerprint density at radius 3 is 2.35 bits per heavy atom. The van der Waals surface area contributed by atoms with Crippen LogP contribution in [0, 0.1) is 11.3 Å². The van der Waals surface area contributed by atoms with E-state index in [9.17, 15) is 9.59 Å². The van der Waals surface area contributed by atoms with Crippen molar-refractivity contribution in [1.82, 2.24) is 5.32 Å². The molecule has 0 bridgehead atoms. The lowest BCUT2D eigenvalue weighted by Crippen LogP contribution is -2.43. The lowest BCUT2D eigenvalue weighted by Gasteiger charge is -2.22. The second kappa shape index (κ2) is 6.02. The maximum absolute atomic E-state index is 11.6. The van der Waals surface area contributed by atoms with Gasteiger partial charge >= 0.3 is 12.1 Å². The van der Waals surface area contributed by atoms with Crippen molar-refractivity contribution >= 4 is 12.1 Å². The highest BCUT2D eigenvalue weighted by atomic mass is 16.6. The lowest BCUT2D eigenvalue weighted by atomic mass is 10.0. The van der Waals surface area contributed by atoms with E-state index >= 15 is 0 Å². The van der Waals surface area contributed by atoms with Crippen LogP contribution in [-0.4, -0.2) is 28.8 Å². The van der Waals surface area contributed by atoms with Gasteiger partial charge in [-0.3, -0.25) is 0 Å². The summed E-state index contributed by atoms with van der Waals surface area (Å²) in [5.41, 5.74) is -0.206. The number of carboxylic acid groups (broad SMARTS) is 1. The SMILES string of the molecule is CC(C)(C)OC(=O)NC(CCCC1CC1(C)C)C(=O)O. The normalized spacial score (nSPS) is 21.9. The number of aliphatic carboxylic acids is 1. The van der Waals surface area contributed by atoms with Gasteiger partial charge in [0.25, 0.3) is 0 Å². The molecule has 0 aromatic rings. The molecule has 20 heavy (non-hydrogen) atoms. The molecule has 1 rings (SSSR count). The van der Waals surface area contributed by atoms with E-state index in [1.54, 1.807) is 20.8 Å². The molecule has 0 radical (unpaired) electrons. The summed E-state index contributed by atoms with van der Waals surface area (Å²) in [6, 6.07) is -0.869. The molecule has 2 N–H and O–H groups in total. The average Bonchev–Trinajstić information content (AvgIpc) is 2.81. The molecule has 1 aliphatic carbocycles. The Hall–Kier alpha value is -1.26. The largest absolute Gasteiger partial charge is 0.480 e. The minimum Gasteiger partial charge on any atom is -0.480 e. The van der Waals surface area contributed by atoms with Crippen LogP contribution in [0.15, 0.2) is 0 Å². The maximum atomic E-state index is 11.6. The van der Waals surface area contributed by atoms with Crippen LogP contribution in [0.2, 0.25) is 0 Å². The first-order valence-corrected chi connectivity index (χ1v) is 7.23. The summed E-state index contributed by atoms with van der Waals surface area (Å²) >= 11 is 0. The molecular formula is C15H27NO4. The smallest absolute Gasteiger partial charge is 0.408 e. The first-order chi connectivity index (χ1) is 9.01. The zero-order chi connectivity index (χ0) is 15.6. The van der Waals surface area contributed by atoms with Gasteiger partial charge in [0.2, 0.25) is 0 Å². The van der Waals surface area contributed by atoms with Crippen LogP contribution in [-0.2, 0) is 9.53 Å². The molecule has 1 fully saturated rings. The van der Waals surface area contributed by atoms with Crippen LogP contribution in [0.5, 0.6) is 0 Å². The van der Waals surface area contributed by atoms with E-state index in [2.05, 4.69) is 19.2 Å². The van der Waals surface area contributed by atoms with Crippen LogP contribution in [0.3, 0.4) is 0 Å². The van der Waals surface area contributed by atoms with Gasteiger partial charge in [0, 0.05) is 0 Å². The summed E-state index contributed by atoms with van der Waals surface area (Å²) in [5, 5.41) is 11.6. The first-order valence-electron chi connectivity index (χ1n) is 7.23. The van der Waals surface area contributed by atoms with Crippen LogP contribution in [0.25, 0.3) is 0 Å². The van der Waals surface area contributed by atoms with E-state index in [0.29, 0.717) is 17.8 Å². The minimum absolute atomic E-state index is 0.414. The molecule has 1 amide bonds. The molecule has 5 nitrogen and oxygen atoms in total. The number of hydrogen-bond acceptors (Lipinski definition) is 3. The Bertz CT molecular complexity index is 371. The molecule has 0 aliphatic heterocycles. The zero-order valence-corrected chi connectivity index (χ0v) is 13.2. The molecule has 1 aliphatic rings. The summed E-state index contributed by atoms with van der Waals surface area (Å²) < 4.78 is 5.08. The highest BCUT2D eigenvalue weighted by Gasteiger charge is 2.44. The number of carboxylic acids is 1. The fraction of sp³-hybridized carbons (Fsp3) is 0.867. The zero-order valence-electron chi connectivity index (χ0n) is 13.2. The Morgan fingerprint density at radius 1 is 1.40 bits per heavy atom. The van der Waals surface area contributed by atoms with Crippen molar-refractivity contribution in [2.75, 3.05) is 0 Å². The van der Waals surface area contributed by atoms with Crippen molar-refractivity contribution in [2.24, 2.45) is 11.3 Å². The summed E-state index contributed by atoms with van der Waals surface area (Å²) in [5.74, 6) is -0.315. The molecule has 2 unspecified atom stereocenters. The van der Waals surface area contributed by atoms with Crippen molar-refractivity contribution in [1.29, 1.82) is 0 Å². The number of amides is 1. The number of carbonyl (C=O) groups is 2. The topological polar surface area (TPSA) is 75.6 Å². The third-order valence-corrected chi connectivity index (χ3v) is 3.75. The molecule has 0 aromatic carbocycles. The Kier molecular flexibility index (Phi) is 5.05. The van der Waals surface area contributed by atoms with Crippen LogP contribution < -0.4 is 5.32 Å². The number of alkyl carbamates (subject to hydrolysis) is 1. The van der Waals surface area contributed by atoms with Crippen LogP contribution in [0.1, 0.15) is 60.3 Å². The maximum Gasteiger partial charge on any atom is 0.408 e. The lowest BCUT2D eigenvalue weighted by molar-refractivity contribution is -0.139. The number of nitrogens with one attached hydrogen (secondary N) is 1. The predicted molar refractivity (Wildman–Crippen MR) is 76.5 cm³/mol. The standard InChI is InChI=1S/C15H27NO4/c1-14(2,3)20-13(19)16-11(12(17)18)8-6-7-10-9-15(10,4)5/h10-11H,6-9H2,1-5H3,(H,16,19)(H,17,18). The monoisotopic (exact) mass is 285 g/mol. The van der Waals surface area contributed by atoms with Gasteiger partial charge < -0.3 is 15.2 Å². The molecule has 5 heteroatoms. The van der Waals surface area contributed by atoms with Crippen molar-refractivity contribution in [3.05, 3.63) is 0 Å². The highest BCUT2D eigenvalue weighted by Crippen LogP contribution is 2.54. The number of carbonyl (C=O) groups excluding carboxylic acids is 1. The fourth-order valence-electron chi connectivity index (χ4n) is 2.34. The van der Waals surface area contributed by atoms with Crippen molar-refractivity contribution in [3.8, 4) is 0 Å². The minimum atomic E-state index is -1.01. The van der Waals surface area contributed by atoms with Gasteiger partial charge in [-0.2, -0.15) is 0 Å². The van der Waals surface area contributed by atoms with Crippen molar-refractivity contribution in [2.45, 2.75) is 71.9 Å². The molecule has 0 spiro atoms. The van der Waals surface area contributed by atoms with Crippen molar-refractivity contribution in [3.63, 3.8) is 0 Å². The number of rotatable bonds is 6. The van der Waals surface area contributed by atoms with E-state index in [0.717, 1.165) is 12.8 Å². The Labute approximate surface area is 121 Å². The quantitative estimate of drug-likeness (QED) is 0.786. The Balaban J connectivity index is 2.33. The van der Waals surface area contributed by atoms with Crippen LogP contribution >= 0.6 is 0 Å². The summed E-state index contributed by atoms with van der Waals surface area (Å²) in [6.45, 7) is 9.70. The molecule has 116 valence electrons. The molecule has 2 atom stereocenters. The second-order valence-electron chi connectivity index (χ2n) is 7.36. The fourth-order valence-corrected chi connectivity index (χ4v) is 2.34. The van der Waals surface area contributed by atoms with E-state index in [-0.39, 0.29) is 0 Å². The van der Waals surface area contributed by atoms with Gasteiger partial charge in [0.05, 0.1) is 0 Å². The molecule has 0 heterocycles. The van der Waals surface area contributed by atoms with E-state index in [1.165, 1.54) is 6.42 Å². The van der Waals surface area contributed by atoms with Gasteiger partial charge in [-0.1, -0.05) is 20.3 Å². The number of ether oxygens (including phenoxy) is 1. The van der Waals surface area contributed by atoms with Gasteiger partial charge in [0.1, 0.15) is 11.6 Å². The average molecular weight is 285 g/mol. The highest BCUT2D eigenvalue weighted by molar-refractivity contribution is 5.79. The summed E-state index contributed by atoms with van der Waals surface area (Å²) in [7, 11) is 0. The van der Waals surface area contributed by atoms with Gasteiger partial charge in [-0.25, -0.2) is 9.59 Å². The number of hydrogen-bond donors (Lipinski definition) is 2.